The van der Waals surface area contributed by atoms with Crippen molar-refractivity contribution >= 4 is 5.97 Å². The van der Waals surface area contributed by atoms with Crippen molar-refractivity contribution in [1.29, 1.82) is 0 Å². The van der Waals surface area contributed by atoms with E-state index < -0.39 is 17.6 Å². The van der Waals surface area contributed by atoms with Gasteiger partial charge < -0.3 is 9.84 Å². The van der Waals surface area contributed by atoms with Crippen LogP contribution in [0.1, 0.15) is 25.7 Å². The molecule has 2 atom stereocenters. The Morgan fingerprint density at radius 2 is 2.17 bits per heavy atom. The molecular formula is C13H14F2O3. The number of rotatable bonds is 4. The highest BCUT2D eigenvalue weighted by molar-refractivity contribution is 5.67. The van der Waals surface area contributed by atoms with E-state index >= 15 is 0 Å². The van der Waals surface area contributed by atoms with E-state index in [-0.39, 0.29) is 24.2 Å². The summed E-state index contributed by atoms with van der Waals surface area (Å²) in [6.45, 7) is 0. The summed E-state index contributed by atoms with van der Waals surface area (Å²) in [5.41, 5.74) is 0. The minimum atomic E-state index is -0.880. The van der Waals surface area contributed by atoms with Gasteiger partial charge in [0, 0.05) is 12.0 Å². The molecule has 98 valence electrons. The van der Waals surface area contributed by atoms with Gasteiger partial charge >= 0.3 is 5.97 Å². The summed E-state index contributed by atoms with van der Waals surface area (Å²) >= 11 is 0. The average Bonchev–Trinajstić information content (AvgIpc) is 2.69. The van der Waals surface area contributed by atoms with Crippen LogP contribution < -0.4 is 4.74 Å². The van der Waals surface area contributed by atoms with Gasteiger partial charge in [0.05, 0.1) is 6.42 Å². The molecule has 1 saturated carbocycles. The summed E-state index contributed by atoms with van der Waals surface area (Å²) in [6, 6.07) is 3.12. The van der Waals surface area contributed by atoms with Crippen LogP contribution in [0.25, 0.3) is 0 Å². The molecule has 1 aromatic carbocycles. The number of aliphatic carboxylic acids is 1. The van der Waals surface area contributed by atoms with Gasteiger partial charge in [-0.2, -0.15) is 0 Å². The fraction of sp³-hybridized carbons (Fsp3) is 0.462. The highest BCUT2D eigenvalue weighted by atomic mass is 19.1. The Morgan fingerprint density at radius 3 is 2.83 bits per heavy atom. The molecule has 0 aromatic heterocycles. The molecule has 0 amide bonds. The van der Waals surface area contributed by atoms with Crippen LogP contribution in [0.4, 0.5) is 8.78 Å². The van der Waals surface area contributed by atoms with Crippen molar-refractivity contribution in [3.8, 4) is 5.75 Å². The Balaban J connectivity index is 2.05. The van der Waals surface area contributed by atoms with Gasteiger partial charge in [0.1, 0.15) is 11.9 Å². The molecule has 0 bridgehead atoms. The van der Waals surface area contributed by atoms with Crippen LogP contribution in [0.5, 0.6) is 5.75 Å². The quantitative estimate of drug-likeness (QED) is 0.900. The predicted octanol–water partition coefficient (Wildman–Crippen LogP) is 2.99. The third-order valence-electron chi connectivity index (χ3n) is 3.20. The molecule has 1 aromatic rings. The van der Waals surface area contributed by atoms with Crippen LogP contribution >= 0.6 is 0 Å². The van der Waals surface area contributed by atoms with Crippen molar-refractivity contribution < 1.29 is 23.4 Å². The van der Waals surface area contributed by atoms with Crippen molar-refractivity contribution in [2.75, 3.05) is 0 Å². The average molecular weight is 256 g/mol. The SMILES string of the molecule is O=C(O)CC1CCCC1Oc1ccc(F)cc1F. The zero-order valence-electron chi connectivity index (χ0n) is 9.73. The maximum atomic E-state index is 13.4. The number of carboxylic acid groups (broad SMARTS) is 1. The van der Waals surface area contributed by atoms with Crippen LogP contribution in [-0.4, -0.2) is 17.2 Å². The molecule has 0 spiro atoms. The van der Waals surface area contributed by atoms with Crippen molar-refractivity contribution in [2.45, 2.75) is 31.8 Å². The molecule has 18 heavy (non-hydrogen) atoms. The minimum absolute atomic E-state index is 0.0151. The number of carbonyl (C=O) groups is 1. The number of hydrogen-bond acceptors (Lipinski definition) is 2. The molecule has 2 rings (SSSR count). The van der Waals surface area contributed by atoms with E-state index in [9.17, 15) is 13.6 Å². The summed E-state index contributed by atoms with van der Waals surface area (Å²) in [6.07, 6.45) is 2.05. The molecule has 1 aliphatic rings. The second-order valence-electron chi connectivity index (χ2n) is 4.52. The zero-order valence-corrected chi connectivity index (χ0v) is 9.73. The first-order chi connectivity index (χ1) is 8.56. The third-order valence-corrected chi connectivity index (χ3v) is 3.20. The van der Waals surface area contributed by atoms with E-state index in [0.29, 0.717) is 6.42 Å². The molecule has 0 radical (unpaired) electrons. The van der Waals surface area contributed by atoms with E-state index in [2.05, 4.69) is 0 Å². The second kappa shape index (κ2) is 5.33. The van der Waals surface area contributed by atoms with E-state index in [1.165, 1.54) is 6.07 Å². The van der Waals surface area contributed by atoms with Crippen molar-refractivity contribution in [2.24, 2.45) is 5.92 Å². The van der Waals surface area contributed by atoms with Gasteiger partial charge in [-0.25, -0.2) is 8.78 Å². The fourth-order valence-corrected chi connectivity index (χ4v) is 2.35. The van der Waals surface area contributed by atoms with Crippen molar-refractivity contribution in [3.63, 3.8) is 0 Å². The highest BCUT2D eigenvalue weighted by Crippen LogP contribution is 2.32. The smallest absolute Gasteiger partial charge is 0.303 e. The molecule has 3 nitrogen and oxygen atoms in total. The Hall–Kier alpha value is -1.65. The van der Waals surface area contributed by atoms with Crippen LogP contribution in [0.2, 0.25) is 0 Å². The molecule has 2 unspecified atom stereocenters. The lowest BCUT2D eigenvalue weighted by Crippen LogP contribution is -2.24. The lowest BCUT2D eigenvalue weighted by atomic mass is 10.0. The summed E-state index contributed by atoms with van der Waals surface area (Å²) in [5, 5.41) is 8.77. The lowest BCUT2D eigenvalue weighted by Gasteiger charge is -2.20. The van der Waals surface area contributed by atoms with Gasteiger partial charge in [0.15, 0.2) is 11.6 Å². The van der Waals surface area contributed by atoms with E-state index in [1.54, 1.807) is 0 Å². The Labute approximate surface area is 103 Å². The van der Waals surface area contributed by atoms with Gasteiger partial charge in [-0.3, -0.25) is 4.79 Å². The topological polar surface area (TPSA) is 46.5 Å². The van der Waals surface area contributed by atoms with Crippen LogP contribution in [-0.2, 0) is 4.79 Å². The Kier molecular flexibility index (Phi) is 3.79. The van der Waals surface area contributed by atoms with E-state index in [0.717, 1.165) is 25.0 Å². The zero-order chi connectivity index (χ0) is 13.1. The molecule has 1 aliphatic carbocycles. The first-order valence-corrected chi connectivity index (χ1v) is 5.90. The molecule has 1 fully saturated rings. The standard InChI is InChI=1S/C13H14F2O3/c14-9-4-5-12(10(15)7-9)18-11-3-1-2-8(11)6-13(16)17/h4-5,7-8,11H,1-3,6H2,(H,16,17). The number of ether oxygens (including phenoxy) is 1. The summed E-state index contributed by atoms with van der Waals surface area (Å²) in [7, 11) is 0. The maximum Gasteiger partial charge on any atom is 0.303 e. The molecule has 0 aliphatic heterocycles. The van der Waals surface area contributed by atoms with Crippen molar-refractivity contribution in [1.82, 2.24) is 0 Å². The molecular weight excluding hydrogens is 242 g/mol. The van der Waals surface area contributed by atoms with Gasteiger partial charge in [-0.05, 0) is 31.4 Å². The lowest BCUT2D eigenvalue weighted by molar-refractivity contribution is -0.138. The first kappa shape index (κ1) is 12.8. The van der Waals surface area contributed by atoms with Crippen LogP contribution in [0.15, 0.2) is 18.2 Å². The van der Waals surface area contributed by atoms with Crippen molar-refractivity contribution in [3.05, 3.63) is 29.8 Å². The molecule has 5 heteroatoms. The minimum Gasteiger partial charge on any atom is -0.487 e. The molecule has 0 heterocycles. The van der Waals surface area contributed by atoms with Crippen LogP contribution in [0, 0.1) is 17.6 Å². The largest absolute Gasteiger partial charge is 0.487 e. The Morgan fingerprint density at radius 1 is 1.39 bits per heavy atom. The fourth-order valence-electron chi connectivity index (χ4n) is 2.35. The summed E-state index contributed by atoms with van der Waals surface area (Å²) < 4.78 is 31.6. The van der Waals surface area contributed by atoms with Gasteiger partial charge in [-0.15, -0.1) is 0 Å². The predicted molar refractivity (Wildman–Crippen MR) is 60.4 cm³/mol. The second-order valence-corrected chi connectivity index (χ2v) is 4.52. The first-order valence-electron chi connectivity index (χ1n) is 5.90. The normalized spacial score (nSPS) is 23.0. The number of carboxylic acids is 1. The number of benzene rings is 1. The van der Waals surface area contributed by atoms with Crippen LogP contribution in [0.3, 0.4) is 0 Å². The van der Waals surface area contributed by atoms with E-state index in [1.807, 2.05) is 0 Å². The van der Waals surface area contributed by atoms with Gasteiger partial charge in [-0.1, -0.05) is 0 Å². The summed E-state index contributed by atoms with van der Waals surface area (Å²) in [5.74, 6) is -2.41. The highest BCUT2D eigenvalue weighted by Gasteiger charge is 2.31. The summed E-state index contributed by atoms with van der Waals surface area (Å²) in [4.78, 5) is 10.7. The number of hydrogen-bond donors (Lipinski definition) is 1. The van der Waals surface area contributed by atoms with E-state index in [4.69, 9.17) is 9.84 Å². The number of halogens is 2. The third kappa shape index (κ3) is 2.97. The van der Waals surface area contributed by atoms with Gasteiger partial charge in [0.25, 0.3) is 0 Å². The Bertz CT molecular complexity index is 448. The maximum absolute atomic E-state index is 13.4. The van der Waals surface area contributed by atoms with Gasteiger partial charge in [0.2, 0.25) is 0 Å². The molecule has 0 saturated heterocycles. The molecule has 1 N–H and O–H groups in total. The monoisotopic (exact) mass is 256 g/mol.